The fourth-order valence-electron chi connectivity index (χ4n) is 3.74. The fourth-order valence-corrected chi connectivity index (χ4v) is 4.21. The molecular weight excluding hydrogens is 449 g/mol. The van der Waals surface area contributed by atoms with Crippen LogP contribution in [0.1, 0.15) is 32.9 Å². The largest absolute Gasteiger partial charge is 0.489 e. The number of carbonyl (C=O) groups excluding carboxylic acids is 1. The molecule has 3 aromatic rings. The Hall–Kier alpha value is -2.54. The van der Waals surface area contributed by atoms with Crippen LogP contribution in [0.5, 0.6) is 5.75 Å². The van der Waals surface area contributed by atoms with Crippen LogP contribution in [0.2, 0.25) is 10.0 Å². The van der Waals surface area contributed by atoms with E-state index in [-0.39, 0.29) is 12.5 Å². The number of carbonyl (C=O) groups is 1. The molecule has 1 aliphatic rings. The first-order chi connectivity index (χ1) is 15.4. The average molecular weight is 474 g/mol. The van der Waals surface area contributed by atoms with Crippen molar-refractivity contribution in [2.24, 2.45) is 0 Å². The molecule has 0 radical (unpaired) electrons. The first kappa shape index (κ1) is 22.6. The molecule has 0 unspecified atom stereocenters. The van der Waals surface area contributed by atoms with Crippen LogP contribution >= 0.6 is 23.2 Å². The molecule has 1 fully saturated rings. The number of amides is 1. The maximum atomic E-state index is 13.1. The lowest BCUT2D eigenvalue weighted by Crippen LogP contribution is -2.48. The van der Waals surface area contributed by atoms with Gasteiger partial charge in [0.2, 0.25) is 0 Å². The summed E-state index contributed by atoms with van der Waals surface area (Å²) in [5.41, 5.74) is 3.15. The highest BCUT2D eigenvalue weighted by Crippen LogP contribution is 2.24. The van der Waals surface area contributed by atoms with Crippen LogP contribution in [0.3, 0.4) is 0 Å². The lowest BCUT2D eigenvalue weighted by Gasteiger charge is -2.34. The molecule has 0 bridgehead atoms. The number of rotatable bonds is 6. The molecule has 1 aromatic heterocycles. The van der Waals surface area contributed by atoms with E-state index in [4.69, 9.17) is 32.5 Å². The molecule has 0 atom stereocenters. The highest BCUT2D eigenvalue weighted by atomic mass is 35.5. The van der Waals surface area contributed by atoms with E-state index in [2.05, 4.69) is 10.1 Å². The number of hydrogen-bond donors (Lipinski definition) is 0. The van der Waals surface area contributed by atoms with Crippen molar-refractivity contribution in [1.29, 1.82) is 0 Å². The van der Waals surface area contributed by atoms with Crippen LogP contribution in [0.15, 0.2) is 47.0 Å². The van der Waals surface area contributed by atoms with Crippen molar-refractivity contribution in [3.05, 3.63) is 80.7 Å². The van der Waals surface area contributed by atoms with Gasteiger partial charge in [-0.2, -0.15) is 0 Å². The van der Waals surface area contributed by atoms with Crippen molar-refractivity contribution >= 4 is 29.1 Å². The van der Waals surface area contributed by atoms with Crippen molar-refractivity contribution in [2.45, 2.75) is 27.0 Å². The molecule has 0 spiro atoms. The summed E-state index contributed by atoms with van der Waals surface area (Å²) in [7, 11) is 0. The van der Waals surface area contributed by atoms with Gasteiger partial charge < -0.3 is 14.2 Å². The van der Waals surface area contributed by atoms with Crippen molar-refractivity contribution in [2.75, 3.05) is 26.2 Å². The van der Waals surface area contributed by atoms with Crippen molar-refractivity contribution < 1.29 is 14.1 Å². The highest BCUT2D eigenvalue weighted by molar-refractivity contribution is 6.35. The van der Waals surface area contributed by atoms with E-state index in [0.717, 1.165) is 36.5 Å². The maximum Gasteiger partial charge on any atom is 0.276 e. The predicted molar refractivity (Wildman–Crippen MR) is 124 cm³/mol. The van der Waals surface area contributed by atoms with E-state index in [9.17, 15) is 4.79 Å². The molecule has 1 aliphatic heterocycles. The Labute approximate surface area is 197 Å². The van der Waals surface area contributed by atoms with Gasteiger partial charge in [-0.3, -0.25) is 9.69 Å². The zero-order chi connectivity index (χ0) is 22.7. The van der Waals surface area contributed by atoms with Gasteiger partial charge in [0.15, 0.2) is 5.69 Å². The molecule has 1 saturated heterocycles. The molecule has 168 valence electrons. The lowest BCUT2D eigenvalue weighted by molar-refractivity contribution is 0.0616. The van der Waals surface area contributed by atoms with Crippen molar-refractivity contribution in [3.63, 3.8) is 0 Å². The lowest BCUT2D eigenvalue weighted by atomic mass is 10.1. The van der Waals surface area contributed by atoms with Crippen LogP contribution in [-0.4, -0.2) is 47.0 Å². The molecule has 1 amide bonds. The number of aryl methyl sites for hydroxylation is 2. The summed E-state index contributed by atoms with van der Waals surface area (Å²) in [4.78, 5) is 17.2. The summed E-state index contributed by atoms with van der Waals surface area (Å²) in [6, 6.07) is 13.3. The molecule has 4 rings (SSSR count). The summed E-state index contributed by atoms with van der Waals surface area (Å²) in [5.74, 6) is 1.21. The van der Waals surface area contributed by atoms with Crippen LogP contribution in [0.25, 0.3) is 0 Å². The zero-order valence-electron chi connectivity index (χ0n) is 18.1. The molecule has 2 heterocycles. The van der Waals surface area contributed by atoms with Gasteiger partial charge >= 0.3 is 0 Å². The first-order valence-corrected chi connectivity index (χ1v) is 11.3. The number of nitrogens with zero attached hydrogens (tertiary/aromatic N) is 3. The van der Waals surface area contributed by atoms with Gasteiger partial charge in [0.25, 0.3) is 5.91 Å². The molecule has 0 saturated carbocycles. The third-order valence-corrected chi connectivity index (χ3v) is 6.22. The second-order valence-corrected chi connectivity index (χ2v) is 8.82. The summed E-state index contributed by atoms with van der Waals surface area (Å²) < 4.78 is 11.2. The number of halogens is 2. The monoisotopic (exact) mass is 473 g/mol. The smallest absolute Gasteiger partial charge is 0.276 e. The maximum absolute atomic E-state index is 13.1. The van der Waals surface area contributed by atoms with Gasteiger partial charge in [0.1, 0.15) is 18.1 Å². The normalized spacial score (nSPS) is 14.6. The van der Waals surface area contributed by atoms with Crippen LogP contribution in [-0.2, 0) is 13.2 Å². The Balaban J connectivity index is 1.37. The van der Waals surface area contributed by atoms with Crippen molar-refractivity contribution in [3.8, 4) is 5.75 Å². The van der Waals surface area contributed by atoms with Gasteiger partial charge in [-0.1, -0.05) is 46.6 Å². The van der Waals surface area contributed by atoms with E-state index in [1.807, 2.05) is 48.2 Å². The van der Waals surface area contributed by atoms with Gasteiger partial charge in [-0.25, -0.2) is 0 Å². The SMILES string of the molecule is Cc1cccc(OCc2c(C(=O)N3CCN(Cc4ccc(Cl)cc4Cl)CC3)noc2C)c1. The average Bonchev–Trinajstić information content (AvgIpc) is 3.14. The number of ether oxygens (including phenoxy) is 1. The van der Waals surface area contributed by atoms with E-state index in [0.29, 0.717) is 40.2 Å². The molecule has 32 heavy (non-hydrogen) atoms. The molecule has 2 aromatic carbocycles. The second kappa shape index (κ2) is 9.94. The fraction of sp³-hybridized carbons (Fsp3) is 0.333. The first-order valence-electron chi connectivity index (χ1n) is 10.5. The zero-order valence-corrected chi connectivity index (χ0v) is 19.6. The summed E-state index contributed by atoms with van der Waals surface area (Å²) >= 11 is 12.3. The van der Waals surface area contributed by atoms with Crippen molar-refractivity contribution in [1.82, 2.24) is 15.0 Å². The van der Waals surface area contributed by atoms with Gasteiger partial charge in [0, 0.05) is 42.8 Å². The summed E-state index contributed by atoms with van der Waals surface area (Å²) in [6.45, 7) is 7.46. The van der Waals surface area contributed by atoms with Gasteiger partial charge in [0.05, 0.1) is 5.56 Å². The van der Waals surface area contributed by atoms with E-state index < -0.39 is 0 Å². The van der Waals surface area contributed by atoms with Crippen LogP contribution in [0, 0.1) is 13.8 Å². The third kappa shape index (κ3) is 5.26. The molecule has 0 N–H and O–H groups in total. The number of benzene rings is 2. The molecule has 8 heteroatoms. The van der Waals surface area contributed by atoms with Gasteiger partial charge in [-0.15, -0.1) is 0 Å². The topological polar surface area (TPSA) is 58.8 Å². The number of hydrogen-bond acceptors (Lipinski definition) is 5. The minimum absolute atomic E-state index is 0.131. The highest BCUT2D eigenvalue weighted by Gasteiger charge is 2.28. The minimum atomic E-state index is -0.131. The van der Waals surface area contributed by atoms with E-state index in [1.54, 1.807) is 13.0 Å². The molecule has 0 aliphatic carbocycles. The molecular formula is C24H25Cl2N3O3. The molecule has 6 nitrogen and oxygen atoms in total. The standard InChI is InChI=1S/C24H25Cl2N3O3/c1-16-4-3-5-20(12-16)31-15-21-17(2)32-27-23(21)24(30)29-10-8-28(9-11-29)14-18-6-7-19(25)13-22(18)26/h3-7,12-13H,8-11,14-15H2,1-2H3. The number of piperazine rings is 1. The predicted octanol–water partition coefficient (Wildman–Crippen LogP) is 5.14. The Kier molecular flexibility index (Phi) is 7.04. The minimum Gasteiger partial charge on any atom is -0.489 e. The van der Waals surface area contributed by atoms with Crippen LogP contribution in [0.4, 0.5) is 0 Å². The summed E-state index contributed by atoms with van der Waals surface area (Å²) in [5, 5.41) is 5.32. The quantitative estimate of drug-likeness (QED) is 0.496. The Morgan fingerprint density at radius 2 is 1.88 bits per heavy atom. The van der Waals surface area contributed by atoms with E-state index >= 15 is 0 Å². The Bertz CT molecular complexity index is 1110. The van der Waals surface area contributed by atoms with Gasteiger partial charge in [-0.05, 0) is 49.2 Å². The summed E-state index contributed by atoms with van der Waals surface area (Å²) in [6.07, 6.45) is 0. The second-order valence-electron chi connectivity index (χ2n) is 7.98. The van der Waals surface area contributed by atoms with Crippen LogP contribution < -0.4 is 4.74 Å². The third-order valence-electron chi connectivity index (χ3n) is 5.63. The Morgan fingerprint density at radius 3 is 2.59 bits per heavy atom. The number of aromatic nitrogens is 1. The Morgan fingerprint density at radius 1 is 1.09 bits per heavy atom. The van der Waals surface area contributed by atoms with E-state index in [1.165, 1.54) is 0 Å².